The van der Waals surface area contributed by atoms with Crippen molar-refractivity contribution in [2.45, 2.75) is 37.6 Å². The highest BCUT2D eigenvalue weighted by atomic mass is 16.6. The van der Waals surface area contributed by atoms with Crippen LogP contribution in [-0.4, -0.2) is 23.4 Å². The molecule has 3 aliphatic rings. The van der Waals surface area contributed by atoms with Crippen molar-refractivity contribution in [3.63, 3.8) is 0 Å². The molecule has 2 bridgehead atoms. The van der Waals surface area contributed by atoms with Gasteiger partial charge in [0.05, 0.1) is 18.3 Å². The lowest BCUT2D eigenvalue weighted by Crippen LogP contribution is -2.24. The van der Waals surface area contributed by atoms with Crippen LogP contribution in [0.2, 0.25) is 0 Å². The molecule has 0 aromatic heterocycles. The fraction of sp³-hybridized carbons (Fsp3) is 1.00. The molecular formula is C8H12O2. The molecule has 1 aliphatic heterocycles. The lowest BCUT2D eigenvalue weighted by atomic mass is 9.86. The van der Waals surface area contributed by atoms with Crippen LogP contribution in [0.1, 0.15) is 19.3 Å². The Labute approximate surface area is 60.2 Å². The van der Waals surface area contributed by atoms with Gasteiger partial charge in [-0.1, -0.05) is 0 Å². The lowest BCUT2D eigenvalue weighted by molar-refractivity contribution is 0.0524. The molecule has 0 amide bonds. The van der Waals surface area contributed by atoms with Gasteiger partial charge in [-0.25, -0.2) is 0 Å². The van der Waals surface area contributed by atoms with Crippen LogP contribution in [0, 0.1) is 11.8 Å². The first-order valence-electron chi connectivity index (χ1n) is 4.18. The number of ether oxygens (including phenoxy) is 1. The second-order valence-electron chi connectivity index (χ2n) is 3.95. The van der Waals surface area contributed by atoms with Gasteiger partial charge in [0, 0.05) is 0 Å². The molecule has 2 heteroatoms. The maximum absolute atomic E-state index is 9.37. The van der Waals surface area contributed by atoms with Crippen LogP contribution in [0.25, 0.3) is 0 Å². The Hall–Kier alpha value is -0.0800. The minimum absolute atomic E-state index is 0.0138. The van der Waals surface area contributed by atoms with E-state index >= 15 is 0 Å². The first-order valence-corrected chi connectivity index (χ1v) is 4.18. The standard InChI is InChI=1S/C8H12O2/c9-6-2-4-1-5(3-6)8-7(4)10-8/h4-9H,1-3H2. The van der Waals surface area contributed by atoms with E-state index in [1.165, 1.54) is 6.42 Å². The third kappa shape index (κ3) is 0.565. The quantitative estimate of drug-likeness (QED) is 0.498. The maximum Gasteiger partial charge on any atom is 0.0873 e. The van der Waals surface area contributed by atoms with Crippen LogP contribution in [-0.2, 0) is 4.74 Å². The van der Waals surface area contributed by atoms with Crippen LogP contribution in [0.15, 0.2) is 0 Å². The van der Waals surface area contributed by atoms with Gasteiger partial charge in [0.2, 0.25) is 0 Å². The first kappa shape index (κ1) is 5.56. The maximum atomic E-state index is 9.37. The molecule has 4 unspecified atom stereocenters. The monoisotopic (exact) mass is 140 g/mol. The molecule has 4 atom stereocenters. The zero-order valence-electron chi connectivity index (χ0n) is 5.86. The summed E-state index contributed by atoms with van der Waals surface area (Å²) in [4.78, 5) is 0. The fourth-order valence-corrected chi connectivity index (χ4v) is 2.81. The third-order valence-corrected chi connectivity index (χ3v) is 3.25. The van der Waals surface area contributed by atoms with Crippen LogP contribution in [0.3, 0.4) is 0 Å². The van der Waals surface area contributed by atoms with E-state index < -0.39 is 0 Å². The molecule has 3 fully saturated rings. The van der Waals surface area contributed by atoms with Gasteiger partial charge in [-0.15, -0.1) is 0 Å². The topological polar surface area (TPSA) is 32.8 Å². The van der Waals surface area contributed by atoms with E-state index in [1.807, 2.05) is 0 Å². The lowest BCUT2D eigenvalue weighted by Gasteiger charge is -2.25. The summed E-state index contributed by atoms with van der Waals surface area (Å²) in [5.41, 5.74) is 0. The summed E-state index contributed by atoms with van der Waals surface area (Å²) in [6.45, 7) is 0. The van der Waals surface area contributed by atoms with Gasteiger partial charge in [0.25, 0.3) is 0 Å². The molecule has 0 radical (unpaired) electrons. The molecule has 2 aliphatic carbocycles. The number of hydrogen-bond acceptors (Lipinski definition) is 2. The van der Waals surface area contributed by atoms with Gasteiger partial charge in [-0.3, -0.25) is 0 Å². The average molecular weight is 140 g/mol. The molecule has 2 nitrogen and oxygen atoms in total. The summed E-state index contributed by atoms with van der Waals surface area (Å²) in [6, 6.07) is 0. The largest absolute Gasteiger partial charge is 0.393 e. The van der Waals surface area contributed by atoms with Crippen LogP contribution >= 0.6 is 0 Å². The Morgan fingerprint density at radius 3 is 2.20 bits per heavy atom. The normalized spacial score (nSPS) is 63.9. The highest BCUT2D eigenvalue weighted by molar-refractivity contribution is 5.06. The van der Waals surface area contributed by atoms with Crippen molar-refractivity contribution < 1.29 is 9.84 Å². The van der Waals surface area contributed by atoms with Crippen LogP contribution < -0.4 is 0 Å². The predicted molar refractivity (Wildman–Crippen MR) is 35.5 cm³/mol. The number of epoxide rings is 1. The number of rotatable bonds is 0. The molecule has 56 valence electrons. The highest BCUT2D eigenvalue weighted by Gasteiger charge is 2.58. The molecule has 3 rings (SSSR count). The summed E-state index contributed by atoms with van der Waals surface area (Å²) in [5, 5.41) is 9.37. The van der Waals surface area contributed by atoms with Crippen molar-refractivity contribution in [2.75, 3.05) is 0 Å². The van der Waals surface area contributed by atoms with Crippen molar-refractivity contribution in [1.29, 1.82) is 0 Å². The van der Waals surface area contributed by atoms with E-state index in [9.17, 15) is 5.11 Å². The van der Waals surface area contributed by atoms with Gasteiger partial charge in [0.1, 0.15) is 0 Å². The minimum atomic E-state index is -0.0138. The van der Waals surface area contributed by atoms with Crippen molar-refractivity contribution in [3.8, 4) is 0 Å². The zero-order chi connectivity index (χ0) is 6.72. The van der Waals surface area contributed by atoms with Crippen molar-refractivity contribution in [3.05, 3.63) is 0 Å². The average Bonchev–Trinajstić information content (AvgIpc) is 2.59. The zero-order valence-corrected chi connectivity index (χ0v) is 5.86. The van der Waals surface area contributed by atoms with Crippen LogP contribution in [0.4, 0.5) is 0 Å². The molecule has 2 saturated carbocycles. The molecule has 0 spiro atoms. The van der Waals surface area contributed by atoms with E-state index in [-0.39, 0.29) is 6.10 Å². The number of fused-ring (bicyclic) bond motifs is 5. The van der Waals surface area contributed by atoms with Crippen molar-refractivity contribution in [1.82, 2.24) is 0 Å². The summed E-state index contributed by atoms with van der Waals surface area (Å²) in [6.07, 6.45) is 4.42. The minimum Gasteiger partial charge on any atom is -0.393 e. The first-order chi connectivity index (χ1) is 4.84. The molecule has 0 aromatic carbocycles. The smallest absolute Gasteiger partial charge is 0.0873 e. The fourth-order valence-electron chi connectivity index (χ4n) is 2.81. The van der Waals surface area contributed by atoms with Gasteiger partial charge in [-0.05, 0) is 31.1 Å². The van der Waals surface area contributed by atoms with Crippen molar-refractivity contribution >= 4 is 0 Å². The van der Waals surface area contributed by atoms with E-state index in [0.29, 0.717) is 24.0 Å². The molecule has 1 saturated heterocycles. The SMILES string of the molecule is OC1CC2CC(C1)C1OC21. The van der Waals surface area contributed by atoms with Gasteiger partial charge in [0.15, 0.2) is 0 Å². The Balaban J connectivity index is 1.87. The second kappa shape index (κ2) is 1.56. The number of aliphatic hydroxyl groups is 1. The van der Waals surface area contributed by atoms with Gasteiger partial charge < -0.3 is 9.84 Å². The predicted octanol–water partition coefficient (Wildman–Crippen LogP) is 0.545. The Morgan fingerprint density at radius 2 is 1.60 bits per heavy atom. The Bertz CT molecular complexity index is 153. The highest BCUT2D eigenvalue weighted by Crippen LogP contribution is 2.53. The number of aliphatic hydroxyl groups excluding tert-OH is 1. The Kier molecular flexibility index (Phi) is 0.868. The molecular weight excluding hydrogens is 128 g/mol. The van der Waals surface area contributed by atoms with Gasteiger partial charge in [-0.2, -0.15) is 0 Å². The molecule has 1 heterocycles. The Morgan fingerprint density at radius 1 is 1.00 bits per heavy atom. The second-order valence-corrected chi connectivity index (χ2v) is 3.95. The summed E-state index contributed by atoms with van der Waals surface area (Å²) < 4.78 is 5.46. The number of hydrogen-bond donors (Lipinski definition) is 1. The molecule has 10 heavy (non-hydrogen) atoms. The van der Waals surface area contributed by atoms with E-state index in [2.05, 4.69) is 0 Å². The van der Waals surface area contributed by atoms with E-state index in [1.54, 1.807) is 0 Å². The summed E-state index contributed by atoms with van der Waals surface area (Å²) in [7, 11) is 0. The molecule has 0 aromatic rings. The van der Waals surface area contributed by atoms with Crippen LogP contribution in [0.5, 0.6) is 0 Å². The van der Waals surface area contributed by atoms with Gasteiger partial charge >= 0.3 is 0 Å². The van der Waals surface area contributed by atoms with E-state index in [0.717, 1.165) is 12.8 Å². The summed E-state index contributed by atoms with van der Waals surface area (Å²) in [5.74, 6) is 1.41. The molecule has 1 N–H and O–H groups in total. The van der Waals surface area contributed by atoms with E-state index in [4.69, 9.17) is 4.74 Å². The van der Waals surface area contributed by atoms with Crippen molar-refractivity contribution in [2.24, 2.45) is 11.8 Å². The summed E-state index contributed by atoms with van der Waals surface area (Å²) >= 11 is 0. The third-order valence-electron chi connectivity index (χ3n) is 3.25.